The van der Waals surface area contributed by atoms with Gasteiger partial charge in [0.2, 0.25) is 0 Å². The van der Waals surface area contributed by atoms with Crippen LogP contribution in [0.15, 0.2) is 48.8 Å². The molecule has 152 valence electrons. The van der Waals surface area contributed by atoms with E-state index < -0.39 is 0 Å². The van der Waals surface area contributed by atoms with E-state index in [2.05, 4.69) is 112 Å². The SMILES string of the molecule is CCC(CC)Nc1cccc(C)c1-c1n(C)cc[n+]1B(C)c1c(C)cccc1C. The zero-order valence-corrected chi connectivity index (χ0v) is 19.1. The first-order chi connectivity index (χ1) is 13.9. The Hall–Kier alpha value is -2.49. The van der Waals surface area contributed by atoms with Crippen molar-refractivity contribution in [3.05, 3.63) is 65.5 Å². The maximum Gasteiger partial charge on any atom is 0.409 e. The Balaban J connectivity index is 2.16. The van der Waals surface area contributed by atoms with Gasteiger partial charge in [0, 0.05) is 6.04 Å². The standard InChI is InChI=1S/C25H34BN3/c1-8-21(9-2)27-22-15-11-12-18(3)23(22)25-28(7)16-17-29(25)26(6)24-19(4)13-10-14-20(24)5/h10-17,21H,8-9H2,1-7H3/p+1. The van der Waals surface area contributed by atoms with Gasteiger partial charge in [-0.3, -0.25) is 4.48 Å². The molecule has 0 radical (unpaired) electrons. The van der Waals surface area contributed by atoms with Gasteiger partial charge in [-0.15, -0.1) is 0 Å². The zero-order valence-electron chi connectivity index (χ0n) is 19.1. The van der Waals surface area contributed by atoms with Gasteiger partial charge in [0.15, 0.2) is 0 Å². The van der Waals surface area contributed by atoms with Crippen LogP contribution in [-0.2, 0) is 7.05 Å². The van der Waals surface area contributed by atoms with Crippen LogP contribution < -0.4 is 15.3 Å². The summed E-state index contributed by atoms with van der Waals surface area (Å²) in [5.41, 5.74) is 7.92. The second-order valence-electron chi connectivity index (χ2n) is 8.28. The third-order valence-electron chi connectivity index (χ3n) is 6.25. The first-order valence-corrected chi connectivity index (χ1v) is 10.9. The number of rotatable bonds is 7. The average molecular weight is 388 g/mol. The van der Waals surface area contributed by atoms with Crippen LogP contribution >= 0.6 is 0 Å². The fourth-order valence-corrected chi connectivity index (χ4v) is 4.54. The lowest BCUT2D eigenvalue weighted by atomic mass is 9.55. The predicted molar refractivity (Wildman–Crippen MR) is 126 cm³/mol. The van der Waals surface area contributed by atoms with Gasteiger partial charge in [-0.05, 0) is 57.5 Å². The van der Waals surface area contributed by atoms with Crippen molar-refractivity contribution in [2.75, 3.05) is 5.32 Å². The Labute approximate surface area is 176 Å². The Morgan fingerprint density at radius 1 is 0.966 bits per heavy atom. The molecule has 3 aromatic rings. The van der Waals surface area contributed by atoms with Gasteiger partial charge in [-0.2, -0.15) is 0 Å². The van der Waals surface area contributed by atoms with Crippen LogP contribution in [-0.4, -0.2) is 17.5 Å². The molecular weight excluding hydrogens is 353 g/mol. The summed E-state index contributed by atoms with van der Waals surface area (Å²) in [6, 6.07) is 13.7. The number of aryl methyl sites for hydroxylation is 4. The van der Waals surface area contributed by atoms with E-state index in [1.807, 2.05) is 0 Å². The number of anilines is 1. The molecule has 0 fully saturated rings. The van der Waals surface area contributed by atoms with Crippen molar-refractivity contribution in [3.63, 3.8) is 0 Å². The van der Waals surface area contributed by atoms with E-state index in [-0.39, 0.29) is 6.85 Å². The van der Waals surface area contributed by atoms with Gasteiger partial charge in [-0.25, -0.2) is 4.57 Å². The topological polar surface area (TPSA) is 20.8 Å². The summed E-state index contributed by atoms with van der Waals surface area (Å²) >= 11 is 0. The number of hydrogen-bond acceptors (Lipinski definition) is 1. The molecule has 29 heavy (non-hydrogen) atoms. The minimum atomic E-state index is 0.257. The van der Waals surface area contributed by atoms with Crippen molar-refractivity contribution in [2.24, 2.45) is 7.05 Å². The summed E-state index contributed by atoms with van der Waals surface area (Å²) in [7, 11) is 2.15. The number of nitrogens with zero attached hydrogens (tertiary/aromatic N) is 2. The normalized spacial score (nSPS) is 11.2. The van der Waals surface area contributed by atoms with Gasteiger partial charge in [-0.1, -0.05) is 55.3 Å². The zero-order chi connectivity index (χ0) is 21.1. The van der Waals surface area contributed by atoms with Crippen LogP contribution in [0.3, 0.4) is 0 Å². The smallest absolute Gasteiger partial charge is 0.382 e. The summed E-state index contributed by atoms with van der Waals surface area (Å²) < 4.78 is 4.68. The Bertz CT molecular complexity index is 965. The monoisotopic (exact) mass is 388 g/mol. The molecule has 2 aromatic carbocycles. The van der Waals surface area contributed by atoms with Crippen LogP contribution in [0.25, 0.3) is 11.4 Å². The lowest BCUT2D eigenvalue weighted by molar-refractivity contribution is -0.521. The van der Waals surface area contributed by atoms with Crippen molar-refractivity contribution in [1.29, 1.82) is 0 Å². The van der Waals surface area contributed by atoms with Crippen molar-refractivity contribution in [2.45, 2.75) is 60.3 Å². The Morgan fingerprint density at radius 2 is 1.55 bits per heavy atom. The van der Waals surface area contributed by atoms with Crippen molar-refractivity contribution in [3.8, 4) is 11.4 Å². The quantitative estimate of drug-likeness (QED) is 0.572. The number of imidazole rings is 1. The molecule has 1 aromatic heterocycles. The van der Waals surface area contributed by atoms with Gasteiger partial charge in [0.1, 0.15) is 12.4 Å². The molecule has 0 aliphatic rings. The molecule has 0 atom stereocenters. The first kappa shape index (κ1) is 21.2. The lowest BCUT2D eigenvalue weighted by Gasteiger charge is -2.20. The Kier molecular flexibility index (Phi) is 6.51. The number of benzene rings is 2. The number of nitrogens with one attached hydrogen (secondary N) is 1. The Morgan fingerprint density at radius 3 is 2.17 bits per heavy atom. The van der Waals surface area contributed by atoms with Crippen molar-refractivity contribution < 1.29 is 4.48 Å². The molecule has 3 nitrogen and oxygen atoms in total. The number of aromatic nitrogens is 2. The van der Waals surface area contributed by atoms with E-state index in [0.717, 1.165) is 12.8 Å². The van der Waals surface area contributed by atoms with Crippen LogP contribution in [0.2, 0.25) is 6.82 Å². The highest BCUT2D eigenvalue weighted by molar-refractivity contribution is 6.65. The fourth-order valence-electron chi connectivity index (χ4n) is 4.54. The predicted octanol–water partition coefficient (Wildman–Crippen LogP) is 4.88. The number of hydrogen-bond donors (Lipinski definition) is 1. The summed E-state index contributed by atoms with van der Waals surface area (Å²) in [5, 5.41) is 3.81. The second kappa shape index (κ2) is 8.90. The molecule has 4 heteroatoms. The van der Waals surface area contributed by atoms with Crippen LogP contribution in [0.5, 0.6) is 0 Å². The molecule has 0 spiro atoms. The molecule has 1 N–H and O–H groups in total. The largest absolute Gasteiger partial charge is 0.409 e. The fraction of sp³-hybridized carbons (Fsp3) is 0.400. The van der Waals surface area contributed by atoms with E-state index in [0.29, 0.717) is 6.04 Å². The van der Waals surface area contributed by atoms with Crippen LogP contribution in [0, 0.1) is 20.8 Å². The van der Waals surface area contributed by atoms with Gasteiger partial charge < -0.3 is 5.32 Å². The molecule has 0 saturated carbocycles. The molecule has 0 unspecified atom stereocenters. The maximum absolute atomic E-state index is 3.81. The summed E-state index contributed by atoms with van der Waals surface area (Å²) in [4.78, 5) is 0. The second-order valence-corrected chi connectivity index (χ2v) is 8.28. The summed E-state index contributed by atoms with van der Waals surface area (Å²) in [6.07, 6.45) is 6.64. The maximum atomic E-state index is 3.81. The van der Waals surface area contributed by atoms with Crippen LogP contribution in [0.4, 0.5) is 5.69 Å². The first-order valence-electron chi connectivity index (χ1n) is 10.9. The molecule has 3 rings (SSSR count). The van der Waals surface area contributed by atoms with Crippen molar-refractivity contribution >= 4 is 18.0 Å². The van der Waals surface area contributed by atoms with E-state index in [4.69, 9.17) is 0 Å². The molecule has 0 aliphatic carbocycles. The minimum Gasteiger partial charge on any atom is -0.382 e. The average Bonchev–Trinajstić information content (AvgIpc) is 3.07. The summed E-state index contributed by atoms with van der Waals surface area (Å²) in [6.45, 7) is 13.7. The minimum absolute atomic E-state index is 0.257. The lowest BCUT2D eigenvalue weighted by Crippen LogP contribution is -2.58. The van der Waals surface area contributed by atoms with E-state index in [1.165, 1.54) is 39.2 Å². The van der Waals surface area contributed by atoms with Gasteiger partial charge >= 0.3 is 6.85 Å². The van der Waals surface area contributed by atoms with E-state index >= 15 is 0 Å². The molecule has 0 saturated heterocycles. The van der Waals surface area contributed by atoms with E-state index in [9.17, 15) is 0 Å². The van der Waals surface area contributed by atoms with Gasteiger partial charge in [0.25, 0.3) is 5.82 Å². The molecular formula is C25H35BN3+. The van der Waals surface area contributed by atoms with Crippen molar-refractivity contribution in [1.82, 2.24) is 4.57 Å². The third-order valence-corrected chi connectivity index (χ3v) is 6.25. The summed E-state index contributed by atoms with van der Waals surface area (Å²) in [5.74, 6) is 1.24. The third kappa shape index (κ3) is 4.12. The molecule has 0 bridgehead atoms. The highest BCUT2D eigenvalue weighted by atomic mass is 15.1. The highest BCUT2D eigenvalue weighted by Crippen LogP contribution is 2.30. The molecule has 0 amide bonds. The van der Waals surface area contributed by atoms with Crippen LogP contribution in [0.1, 0.15) is 43.4 Å². The molecule has 1 heterocycles. The highest BCUT2D eigenvalue weighted by Gasteiger charge is 2.31. The molecule has 0 aliphatic heterocycles. The van der Waals surface area contributed by atoms with E-state index in [1.54, 1.807) is 0 Å². The van der Waals surface area contributed by atoms with Gasteiger partial charge in [0.05, 0.1) is 18.3 Å².